The van der Waals surface area contributed by atoms with Gasteiger partial charge in [0.05, 0.1) is 18.0 Å². The molecule has 0 aliphatic carbocycles. The smallest absolute Gasteiger partial charge is 0.318 e. The van der Waals surface area contributed by atoms with Crippen molar-refractivity contribution in [2.75, 3.05) is 37.3 Å². The van der Waals surface area contributed by atoms with Crippen molar-refractivity contribution < 1.29 is 4.74 Å². The number of benzene rings is 1. The first-order valence-electron chi connectivity index (χ1n) is 10.4. The summed E-state index contributed by atoms with van der Waals surface area (Å²) >= 11 is 0. The maximum absolute atomic E-state index is 6.16. The molecule has 1 aromatic heterocycles. The monoisotopic (exact) mass is 381 g/mol. The number of hydrogen-bond donors (Lipinski definition) is 2. The Bertz CT molecular complexity index is 845. The Morgan fingerprint density at radius 1 is 1.21 bits per heavy atom. The Labute approximate surface area is 167 Å². The van der Waals surface area contributed by atoms with E-state index in [-0.39, 0.29) is 0 Å². The van der Waals surface area contributed by atoms with Crippen molar-refractivity contribution in [3.05, 3.63) is 40.6 Å². The van der Waals surface area contributed by atoms with Crippen LogP contribution in [-0.2, 0) is 6.54 Å². The molecule has 0 saturated carbocycles. The Morgan fingerprint density at radius 2 is 2.00 bits per heavy atom. The van der Waals surface area contributed by atoms with E-state index < -0.39 is 0 Å². The number of nitrogens with one attached hydrogen (secondary N) is 1. The first kappa shape index (κ1) is 19.0. The second kappa shape index (κ2) is 7.95. The van der Waals surface area contributed by atoms with Crippen molar-refractivity contribution in [3.63, 3.8) is 0 Å². The van der Waals surface area contributed by atoms with E-state index in [1.54, 1.807) is 0 Å². The van der Waals surface area contributed by atoms with Gasteiger partial charge in [-0.3, -0.25) is 0 Å². The highest BCUT2D eigenvalue weighted by Gasteiger charge is 2.34. The van der Waals surface area contributed by atoms with Gasteiger partial charge in [-0.05, 0) is 75.2 Å². The van der Waals surface area contributed by atoms with Crippen molar-refractivity contribution in [2.24, 2.45) is 5.92 Å². The molecule has 3 fully saturated rings. The number of fused-ring (bicyclic) bond motifs is 3. The summed E-state index contributed by atoms with van der Waals surface area (Å²) in [6, 6.07) is 7.31. The van der Waals surface area contributed by atoms with Crippen LogP contribution in [0, 0.1) is 19.8 Å². The summed E-state index contributed by atoms with van der Waals surface area (Å²) in [5, 5.41) is 3.37. The second-order valence-corrected chi connectivity index (χ2v) is 8.07. The van der Waals surface area contributed by atoms with Crippen molar-refractivity contribution in [1.29, 1.82) is 0 Å². The molecule has 28 heavy (non-hydrogen) atoms. The second-order valence-electron chi connectivity index (χ2n) is 8.07. The van der Waals surface area contributed by atoms with Crippen molar-refractivity contribution in [1.82, 2.24) is 14.9 Å². The van der Waals surface area contributed by atoms with E-state index in [1.807, 2.05) is 13.8 Å². The summed E-state index contributed by atoms with van der Waals surface area (Å²) in [4.78, 5) is 11.3. The highest BCUT2D eigenvalue weighted by molar-refractivity contribution is 5.64. The maximum atomic E-state index is 6.16. The highest BCUT2D eigenvalue weighted by Crippen LogP contribution is 2.39. The standard InChI is InChI=1S/C22H31N5O/c1-4-28-22-25-15(3)20(23)21(26-22)24-12-18-6-5-17(11-14(18)2)19-13-27-9-7-16(19)8-10-27/h5-6,11,16,19H,4,7-10,12-13,23H2,1-3H3,(H,24,25,26). The number of nitrogens with zero attached hydrogens (tertiary/aromatic N) is 3. The molecule has 4 heterocycles. The molecular weight excluding hydrogens is 350 g/mol. The lowest BCUT2D eigenvalue weighted by molar-refractivity contribution is 0.0871. The molecular formula is C22H31N5O. The third-order valence-electron chi connectivity index (χ3n) is 6.29. The van der Waals surface area contributed by atoms with Crippen molar-refractivity contribution >= 4 is 11.5 Å². The van der Waals surface area contributed by atoms with Crippen LogP contribution in [0.1, 0.15) is 48.1 Å². The first-order chi connectivity index (χ1) is 13.5. The Morgan fingerprint density at radius 3 is 2.64 bits per heavy atom. The lowest BCUT2D eigenvalue weighted by Gasteiger charge is -2.45. The molecule has 1 aromatic carbocycles. The molecule has 3 N–H and O–H groups in total. The van der Waals surface area contributed by atoms with Gasteiger partial charge >= 0.3 is 6.01 Å². The van der Waals surface area contributed by atoms with Crippen LogP contribution in [0.25, 0.3) is 0 Å². The molecule has 5 rings (SSSR count). The summed E-state index contributed by atoms with van der Waals surface area (Å²) in [7, 11) is 0. The molecule has 2 bridgehead atoms. The molecule has 3 aliphatic heterocycles. The molecule has 3 aliphatic rings. The lowest BCUT2D eigenvalue weighted by Crippen LogP contribution is -2.46. The average molecular weight is 382 g/mol. The number of nitrogens with two attached hydrogens (primary N) is 1. The summed E-state index contributed by atoms with van der Waals surface area (Å²) in [5.74, 6) is 2.18. The van der Waals surface area contributed by atoms with Gasteiger partial charge in [-0.25, -0.2) is 0 Å². The molecule has 1 atom stereocenters. The van der Waals surface area contributed by atoms with Gasteiger partial charge in [0.2, 0.25) is 0 Å². The molecule has 3 saturated heterocycles. The number of ether oxygens (including phenoxy) is 1. The SMILES string of the molecule is CCOc1nc(C)c(N)c(NCc2ccc(C3CN4CCC3CC4)cc2C)n1. The predicted molar refractivity (Wildman–Crippen MR) is 113 cm³/mol. The summed E-state index contributed by atoms with van der Waals surface area (Å²) in [5.41, 5.74) is 11.5. The van der Waals surface area contributed by atoms with Gasteiger partial charge in [0.15, 0.2) is 5.82 Å². The molecule has 0 radical (unpaired) electrons. The van der Waals surface area contributed by atoms with Crippen LogP contribution in [0.2, 0.25) is 0 Å². The molecule has 150 valence electrons. The third kappa shape index (κ3) is 3.78. The largest absolute Gasteiger partial charge is 0.464 e. The zero-order valence-electron chi connectivity index (χ0n) is 17.2. The van der Waals surface area contributed by atoms with E-state index in [9.17, 15) is 0 Å². The minimum Gasteiger partial charge on any atom is -0.464 e. The first-order valence-corrected chi connectivity index (χ1v) is 10.4. The molecule has 0 spiro atoms. The fourth-order valence-corrected chi connectivity index (χ4v) is 4.55. The zero-order chi connectivity index (χ0) is 19.7. The number of rotatable bonds is 6. The molecule has 0 amide bonds. The maximum Gasteiger partial charge on any atom is 0.318 e. The highest BCUT2D eigenvalue weighted by atomic mass is 16.5. The van der Waals surface area contributed by atoms with Gasteiger partial charge in [-0.2, -0.15) is 9.97 Å². The van der Waals surface area contributed by atoms with Gasteiger partial charge in [-0.15, -0.1) is 0 Å². The predicted octanol–water partition coefficient (Wildman–Crippen LogP) is 3.50. The lowest BCUT2D eigenvalue weighted by atomic mass is 9.75. The van der Waals surface area contributed by atoms with Crippen LogP contribution in [-0.4, -0.2) is 41.1 Å². The number of aryl methyl sites for hydroxylation is 2. The van der Waals surface area contributed by atoms with Crippen LogP contribution in [0.5, 0.6) is 6.01 Å². The molecule has 6 heteroatoms. The van der Waals surface area contributed by atoms with E-state index in [2.05, 4.69) is 45.3 Å². The van der Waals surface area contributed by atoms with Crippen LogP contribution in [0.4, 0.5) is 11.5 Å². The summed E-state index contributed by atoms with van der Waals surface area (Å²) in [6.07, 6.45) is 2.70. The Balaban J connectivity index is 1.47. The number of nitrogen functional groups attached to an aromatic ring is 1. The molecule has 1 unspecified atom stereocenters. The van der Waals surface area contributed by atoms with E-state index in [1.165, 1.54) is 49.2 Å². The van der Waals surface area contributed by atoms with E-state index in [4.69, 9.17) is 10.5 Å². The van der Waals surface area contributed by atoms with E-state index >= 15 is 0 Å². The number of aromatic nitrogens is 2. The summed E-state index contributed by atoms with van der Waals surface area (Å²) in [6.45, 7) is 11.0. The fraction of sp³-hybridized carbons (Fsp3) is 0.545. The Kier molecular flexibility index (Phi) is 5.40. The van der Waals surface area contributed by atoms with Gasteiger partial charge in [0.1, 0.15) is 0 Å². The average Bonchev–Trinajstić information content (AvgIpc) is 2.71. The summed E-state index contributed by atoms with van der Waals surface area (Å²) < 4.78 is 5.44. The fourth-order valence-electron chi connectivity index (χ4n) is 4.55. The van der Waals surface area contributed by atoms with E-state index in [0.29, 0.717) is 36.6 Å². The topological polar surface area (TPSA) is 76.3 Å². The number of piperidine rings is 3. The minimum absolute atomic E-state index is 0.367. The quantitative estimate of drug-likeness (QED) is 0.798. The van der Waals surface area contributed by atoms with Crippen LogP contribution < -0.4 is 15.8 Å². The normalized spacial score (nSPS) is 23.6. The minimum atomic E-state index is 0.367. The Hall–Kier alpha value is -2.34. The zero-order valence-corrected chi connectivity index (χ0v) is 17.2. The van der Waals surface area contributed by atoms with Gasteiger partial charge in [0, 0.05) is 13.1 Å². The molecule has 6 nitrogen and oxygen atoms in total. The van der Waals surface area contributed by atoms with Crippen LogP contribution in [0.15, 0.2) is 18.2 Å². The van der Waals surface area contributed by atoms with Crippen molar-refractivity contribution in [3.8, 4) is 6.01 Å². The van der Waals surface area contributed by atoms with Crippen LogP contribution >= 0.6 is 0 Å². The van der Waals surface area contributed by atoms with E-state index in [0.717, 1.165) is 11.6 Å². The van der Waals surface area contributed by atoms with Gasteiger partial charge in [0.25, 0.3) is 0 Å². The third-order valence-corrected chi connectivity index (χ3v) is 6.29. The number of hydrogen-bond acceptors (Lipinski definition) is 6. The van der Waals surface area contributed by atoms with Gasteiger partial charge in [-0.1, -0.05) is 18.2 Å². The number of anilines is 2. The van der Waals surface area contributed by atoms with Gasteiger partial charge < -0.3 is 20.7 Å². The molecule has 2 aromatic rings. The van der Waals surface area contributed by atoms with Crippen molar-refractivity contribution in [2.45, 2.75) is 46.1 Å². The van der Waals surface area contributed by atoms with Crippen LogP contribution in [0.3, 0.4) is 0 Å².